The lowest BCUT2D eigenvalue weighted by Gasteiger charge is -2.12. The van der Waals surface area contributed by atoms with E-state index in [1.807, 2.05) is 30.3 Å². The van der Waals surface area contributed by atoms with E-state index in [0.717, 1.165) is 5.56 Å². The number of aromatic nitrogens is 2. The van der Waals surface area contributed by atoms with Crippen LogP contribution >= 0.6 is 0 Å². The lowest BCUT2D eigenvalue weighted by Crippen LogP contribution is -2.14. The molecule has 1 heterocycles. The molecule has 2 rings (SSSR count). The Morgan fingerprint density at radius 2 is 1.54 bits per heavy atom. The van der Waals surface area contributed by atoms with Crippen LogP contribution in [0.25, 0.3) is 5.57 Å². The molecule has 0 aliphatic carbocycles. The topological polar surface area (TPSA) is 79.8 Å². The predicted octanol–water partition coefficient (Wildman–Crippen LogP) is 2.48. The van der Waals surface area contributed by atoms with Gasteiger partial charge in [0.2, 0.25) is 17.5 Å². The molecular weight excluding hydrogens is 312 g/mol. The molecule has 0 atom stereocenters. The zero-order valence-corrected chi connectivity index (χ0v) is 13.9. The van der Waals surface area contributed by atoms with Crippen LogP contribution in [0.1, 0.15) is 12.5 Å². The number of esters is 1. The van der Waals surface area contributed by atoms with E-state index in [2.05, 4.69) is 9.97 Å². The minimum atomic E-state index is -0.637. The fourth-order valence-corrected chi connectivity index (χ4v) is 1.91. The fourth-order valence-electron chi connectivity index (χ4n) is 1.91. The van der Waals surface area contributed by atoms with Crippen LogP contribution in [-0.2, 0) is 9.53 Å². The highest BCUT2D eigenvalue weighted by molar-refractivity contribution is 5.95. The summed E-state index contributed by atoms with van der Waals surface area (Å²) in [6.45, 7) is 1.75. The van der Waals surface area contributed by atoms with Crippen LogP contribution in [-0.4, -0.2) is 37.3 Å². The summed E-state index contributed by atoms with van der Waals surface area (Å²) in [4.78, 5) is 20.2. The molecule has 0 radical (unpaired) electrons. The number of benzene rings is 1. The maximum Gasteiger partial charge on any atom is 0.374 e. The van der Waals surface area contributed by atoms with Gasteiger partial charge in [-0.1, -0.05) is 30.3 Å². The number of carbonyl (C=O) groups excluding carboxylic acids is 1. The summed E-state index contributed by atoms with van der Waals surface area (Å²) in [6.07, 6.45) is 0. The van der Waals surface area contributed by atoms with Crippen molar-refractivity contribution in [2.75, 3.05) is 21.3 Å². The van der Waals surface area contributed by atoms with Gasteiger partial charge in [-0.15, -0.1) is 0 Å². The van der Waals surface area contributed by atoms with Crippen molar-refractivity contribution in [3.05, 3.63) is 47.7 Å². The minimum Gasteiger partial charge on any atom is -0.481 e. The number of hydrogen-bond acceptors (Lipinski definition) is 7. The van der Waals surface area contributed by atoms with E-state index < -0.39 is 5.97 Å². The molecule has 0 N–H and O–H groups in total. The Morgan fingerprint density at radius 1 is 0.958 bits per heavy atom. The van der Waals surface area contributed by atoms with E-state index in [0.29, 0.717) is 5.57 Å². The van der Waals surface area contributed by atoms with Crippen LogP contribution in [0.2, 0.25) is 0 Å². The van der Waals surface area contributed by atoms with Gasteiger partial charge in [-0.2, -0.15) is 9.97 Å². The molecule has 0 saturated carbocycles. The average molecular weight is 330 g/mol. The zero-order chi connectivity index (χ0) is 17.5. The van der Waals surface area contributed by atoms with E-state index in [-0.39, 0.29) is 23.5 Å². The summed E-state index contributed by atoms with van der Waals surface area (Å²) in [7, 11) is 4.19. The molecule has 7 nitrogen and oxygen atoms in total. The van der Waals surface area contributed by atoms with Crippen LogP contribution in [0.4, 0.5) is 0 Å². The molecule has 0 bridgehead atoms. The Labute approximate surface area is 139 Å². The normalized spacial score (nSPS) is 11.3. The van der Waals surface area contributed by atoms with Crippen molar-refractivity contribution in [1.82, 2.24) is 9.97 Å². The zero-order valence-electron chi connectivity index (χ0n) is 13.9. The molecule has 0 spiro atoms. The van der Waals surface area contributed by atoms with Gasteiger partial charge in [0.25, 0.3) is 0 Å². The third-order valence-corrected chi connectivity index (χ3v) is 3.19. The molecular formula is C17H18N2O5. The van der Waals surface area contributed by atoms with Gasteiger partial charge in [0.05, 0.1) is 27.4 Å². The quantitative estimate of drug-likeness (QED) is 0.457. The first-order valence-corrected chi connectivity index (χ1v) is 7.08. The second kappa shape index (κ2) is 7.96. The molecule has 0 amide bonds. The number of methoxy groups -OCH3 is 3. The molecule has 0 saturated heterocycles. The number of allylic oxidation sites excluding steroid dienone is 1. The smallest absolute Gasteiger partial charge is 0.374 e. The van der Waals surface area contributed by atoms with Gasteiger partial charge in [0, 0.05) is 5.57 Å². The highest BCUT2D eigenvalue weighted by Gasteiger charge is 2.20. The second-order valence-corrected chi connectivity index (χ2v) is 4.65. The van der Waals surface area contributed by atoms with Crippen molar-refractivity contribution in [2.24, 2.45) is 0 Å². The van der Waals surface area contributed by atoms with Gasteiger partial charge in [-0.3, -0.25) is 0 Å². The summed E-state index contributed by atoms with van der Waals surface area (Å²) in [5, 5.41) is 0. The van der Waals surface area contributed by atoms with Crippen LogP contribution < -0.4 is 14.2 Å². The van der Waals surface area contributed by atoms with Crippen LogP contribution in [0.5, 0.6) is 17.8 Å². The van der Waals surface area contributed by atoms with E-state index in [1.165, 1.54) is 27.4 Å². The monoisotopic (exact) mass is 330 g/mol. The minimum absolute atomic E-state index is 0.0148. The van der Waals surface area contributed by atoms with Crippen LogP contribution in [0, 0.1) is 0 Å². The Kier molecular flexibility index (Phi) is 5.73. The molecule has 24 heavy (non-hydrogen) atoms. The second-order valence-electron chi connectivity index (χ2n) is 4.65. The van der Waals surface area contributed by atoms with Crippen molar-refractivity contribution < 1.29 is 23.7 Å². The highest BCUT2D eigenvalue weighted by atomic mass is 16.6. The van der Waals surface area contributed by atoms with E-state index in [1.54, 1.807) is 6.92 Å². The first-order chi connectivity index (χ1) is 11.6. The molecule has 0 unspecified atom stereocenters. The fraction of sp³-hybridized carbons (Fsp3) is 0.235. The summed E-state index contributed by atoms with van der Waals surface area (Å²) in [6, 6.07) is 10.7. The summed E-state index contributed by atoms with van der Waals surface area (Å²) in [5.41, 5.74) is 1.40. The van der Waals surface area contributed by atoms with Crippen LogP contribution in [0.3, 0.4) is 0 Å². The highest BCUT2D eigenvalue weighted by Crippen LogP contribution is 2.24. The molecule has 0 fully saturated rings. The number of carbonyl (C=O) groups is 1. The first kappa shape index (κ1) is 17.3. The molecule has 7 heteroatoms. The summed E-state index contributed by atoms with van der Waals surface area (Å²) in [5.74, 6) is -0.155. The maximum absolute atomic E-state index is 12.1. The van der Waals surface area contributed by atoms with E-state index >= 15 is 0 Å². The van der Waals surface area contributed by atoms with E-state index in [4.69, 9.17) is 18.9 Å². The molecule has 126 valence electrons. The summed E-state index contributed by atoms with van der Waals surface area (Å²) < 4.78 is 20.5. The lowest BCUT2D eigenvalue weighted by atomic mass is 10.1. The number of nitrogens with zero attached hydrogens (tertiary/aromatic N) is 2. The third-order valence-electron chi connectivity index (χ3n) is 3.19. The van der Waals surface area contributed by atoms with Crippen LogP contribution in [0.15, 0.2) is 42.2 Å². The lowest BCUT2D eigenvalue weighted by molar-refractivity contribution is -0.138. The maximum atomic E-state index is 12.1. The number of hydrogen-bond donors (Lipinski definition) is 0. The Bertz CT molecular complexity index is 722. The molecule has 0 aliphatic rings. The first-order valence-electron chi connectivity index (χ1n) is 7.08. The standard InChI is InChI=1S/C17H18N2O5/c1-11(12-8-6-5-7-9-12)15(16(20)23-4)24-17-18-13(21-2)10-14(19-17)22-3/h5-10H,1-4H3/b15-11+. The van der Waals surface area contributed by atoms with Gasteiger partial charge in [0.1, 0.15) is 0 Å². The Morgan fingerprint density at radius 3 is 2.04 bits per heavy atom. The molecule has 2 aromatic rings. The molecule has 1 aromatic heterocycles. The van der Waals surface area contributed by atoms with Crippen molar-refractivity contribution >= 4 is 11.5 Å². The molecule has 1 aromatic carbocycles. The van der Waals surface area contributed by atoms with Gasteiger partial charge in [0.15, 0.2) is 0 Å². The molecule has 0 aliphatic heterocycles. The van der Waals surface area contributed by atoms with Gasteiger partial charge in [-0.05, 0) is 12.5 Å². The van der Waals surface area contributed by atoms with E-state index in [9.17, 15) is 4.79 Å². The van der Waals surface area contributed by atoms with Crippen molar-refractivity contribution in [3.63, 3.8) is 0 Å². The third kappa shape index (κ3) is 4.01. The van der Waals surface area contributed by atoms with Crippen molar-refractivity contribution in [2.45, 2.75) is 6.92 Å². The Balaban J connectivity index is 2.46. The van der Waals surface area contributed by atoms with Crippen molar-refractivity contribution in [3.8, 4) is 17.8 Å². The summed E-state index contributed by atoms with van der Waals surface area (Å²) >= 11 is 0. The number of ether oxygens (including phenoxy) is 4. The number of rotatable bonds is 6. The Hall–Kier alpha value is -3.09. The SMILES string of the molecule is COC(=O)/C(Oc1nc(OC)cc(OC)n1)=C(/C)c1ccccc1. The van der Waals surface area contributed by atoms with Gasteiger partial charge in [-0.25, -0.2) is 4.79 Å². The average Bonchev–Trinajstić information content (AvgIpc) is 2.65. The van der Waals surface area contributed by atoms with Gasteiger partial charge >= 0.3 is 12.0 Å². The largest absolute Gasteiger partial charge is 0.481 e. The van der Waals surface area contributed by atoms with Crippen molar-refractivity contribution in [1.29, 1.82) is 0 Å². The van der Waals surface area contributed by atoms with Gasteiger partial charge < -0.3 is 18.9 Å². The predicted molar refractivity (Wildman–Crippen MR) is 86.8 cm³/mol.